The molecule has 0 saturated carbocycles. The van der Waals surface area contributed by atoms with E-state index in [-0.39, 0.29) is 11.5 Å². The van der Waals surface area contributed by atoms with Gasteiger partial charge in [0.15, 0.2) is 0 Å². The second-order valence-electron chi connectivity index (χ2n) is 7.07. The zero-order chi connectivity index (χ0) is 18.2. The molecule has 0 spiro atoms. The molecule has 2 nitrogen and oxygen atoms in total. The van der Waals surface area contributed by atoms with E-state index in [0.29, 0.717) is 0 Å². The van der Waals surface area contributed by atoms with Crippen LogP contribution < -0.4 is 3.61 Å². The van der Waals surface area contributed by atoms with E-state index >= 15 is 0 Å². The zero-order valence-corrected chi connectivity index (χ0v) is 18.5. The molecule has 2 N–H and O–H groups in total. The first-order chi connectivity index (χ1) is 12.3. The van der Waals surface area contributed by atoms with Crippen molar-refractivity contribution in [1.29, 1.82) is 0 Å². The zero-order valence-electron chi connectivity index (χ0n) is 16.1. The summed E-state index contributed by atoms with van der Waals surface area (Å²) in [5, 5.41) is 19.6. The molecule has 3 heteroatoms. The molecule has 144 valence electrons. The molecular weight excluding hydrogens is 424 g/mol. The van der Waals surface area contributed by atoms with Crippen molar-refractivity contribution in [3.05, 3.63) is 18.2 Å². The van der Waals surface area contributed by atoms with Crippen LogP contribution in [0, 0.1) is 0 Å². The van der Waals surface area contributed by atoms with Crippen molar-refractivity contribution in [2.45, 2.75) is 101 Å². The fraction of sp³-hybridized carbons (Fsp3) is 0.727. The van der Waals surface area contributed by atoms with Gasteiger partial charge in [-0.3, -0.25) is 0 Å². The monoisotopic (exact) mass is 464 g/mol. The summed E-state index contributed by atoms with van der Waals surface area (Å²) in [6.07, 6.45) is 19.4. The van der Waals surface area contributed by atoms with Crippen molar-refractivity contribution in [2.75, 3.05) is 0 Å². The number of phenols is 2. The number of rotatable bonds is 16. The van der Waals surface area contributed by atoms with Crippen molar-refractivity contribution in [2.24, 2.45) is 0 Å². The molecule has 1 rings (SSSR count). The second-order valence-corrected chi connectivity index (χ2v) is 10.2. The van der Waals surface area contributed by atoms with Crippen LogP contribution >= 0.6 is 0 Å². The first kappa shape index (κ1) is 22.7. The Balaban J connectivity index is 1.83. The molecule has 0 radical (unpaired) electrons. The molecule has 0 saturated heterocycles. The summed E-state index contributed by atoms with van der Waals surface area (Å²) >= 11 is -0.447. The molecule has 0 bridgehead atoms. The normalized spacial score (nSPS) is 11.1. The summed E-state index contributed by atoms with van der Waals surface area (Å²) in [7, 11) is 0. The van der Waals surface area contributed by atoms with E-state index in [1.54, 1.807) is 18.2 Å². The average molecular weight is 462 g/mol. The fourth-order valence-corrected chi connectivity index (χ4v) is 5.94. The Bertz CT molecular complexity index is 414. The van der Waals surface area contributed by atoms with Crippen molar-refractivity contribution < 1.29 is 10.2 Å². The van der Waals surface area contributed by atoms with Gasteiger partial charge in [0.2, 0.25) is 0 Å². The number of unbranched alkanes of at least 4 members (excludes halogenated alkanes) is 13. The van der Waals surface area contributed by atoms with Gasteiger partial charge >= 0.3 is 140 Å². The SMILES string of the molecule is CCCCCCCCCCCCCCCC[Te]c1c(O)cccc1O. The number of aromatic hydroxyl groups is 2. The Morgan fingerprint density at radius 2 is 1.04 bits per heavy atom. The molecule has 0 aliphatic rings. The van der Waals surface area contributed by atoms with Crippen molar-refractivity contribution in [3.8, 4) is 11.5 Å². The van der Waals surface area contributed by atoms with Crippen LogP contribution in [0.3, 0.4) is 0 Å². The topological polar surface area (TPSA) is 40.5 Å². The van der Waals surface area contributed by atoms with E-state index in [1.165, 1.54) is 94.4 Å². The van der Waals surface area contributed by atoms with Crippen LogP contribution in [0.25, 0.3) is 0 Å². The van der Waals surface area contributed by atoms with Crippen molar-refractivity contribution in [1.82, 2.24) is 0 Å². The van der Waals surface area contributed by atoms with E-state index in [2.05, 4.69) is 6.92 Å². The van der Waals surface area contributed by atoms with Gasteiger partial charge in [-0.15, -0.1) is 0 Å². The summed E-state index contributed by atoms with van der Waals surface area (Å²) in [6.45, 7) is 2.28. The quantitative estimate of drug-likeness (QED) is 0.223. The van der Waals surface area contributed by atoms with E-state index in [4.69, 9.17) is 0 Å². The van der Waals surface area contributed by atoms with Gasteiger partial charge in [-0.2, -0.15) is 0 Å². The predicted octanol–water partition coefficient (Wildman–Crippen LogP) is 6.33. The molecule has 0 heterocycles. The maximum absolute atomic E-state index is 9.78. The third kappa shape index (κ3) is 11.8. The van der Waals surface area contributed by atoms with Gasteiger partial charge in [-0.05, 0) is 0 Å². The minimum absolute atomic E-state index is 0.285. The number of hydrogen-bond acceptors (Lipinski definition) is 2. The molecule has 1 aromatic rings. The molecule has 0 fully saturated rings. The van der Waals surface area contributed by atoms with Gasteiger partial charge in [0.1, 0.15) is 0 Å². The predicted molar refractivity (Wildman–Crippen MR) is 110 cm³/mol. The molecule has 0 atom stereocenters. The van der Waals surface area contributed by atoms with Gasteiger partial charge in [0.05, 0.1) is 0 Å². The average Bonchev–Trinajstić information content (AvgIpc) is 2.60. The van der Waals surface area contributed by atoms with E-state index < -0.39 is 20.9 Å². The number of benzene rings is 1. The molecule has 25 heavy (non-hydrogen) atoms. The van der Waals surface area contributed by atoms with Crippen molar-refractivity contribution >= 4 is 24.5 Å². The van der Waals surface area contributed by atoms with Gasteiger partial charge in [-0.1, -0.05) is 26.2 Å². The molecule has 0 unspecified atom stereocenters. The summed E-state index contributed by atoms with van der Waals surface area (Å²) in [4.78, 5) is 0. The van der Waals surface area contributed by atoms with Crippen LogP contribution in [-0.4, -0.2) is 31.1 Å². The van der Waals surface area contributed by atoms with Crippen LogP contribution in [-0.2, 0) is 0 Å². The Kier molecular flexibility index (Phi) is 14.3. The standard InChI is InChI=1S/C22H38O2Te/c1-2-3-4-5-6-7-8-9-10-11-12-13-14-15-19-25-22-20(23)17-16-18-21(22)24/h16-18,23-24H,2-15,19H2,1H3. The number of phenolic OH excluding ortho intramolecular Hbond substituents is 2. The molecule has 0 aromatic heterocycles. The summed E-state index contributed by atoms with van der Waals surface area (Å²) < 4.78 is 2.01. The van der Waals surface area contributed by atoms with Gasteiger partial charge < -0.3 is 0 Å². The fourth-order valence-electron chi connectivity index (χ4n) is 3.13. The number of hydrogen-bond donors (Lipinski definition) is 2. The van der Waals surface area contributed by atoms with E-state index in [0.717, 1.165) is 3.61 Å². The Morgan fingerprint density at radius 3 is 1.48 bits per heavy atom. The minimum atomic E-state index is -0.447. The Hall–Kier alpha value is -0.390. The third-order valence-electron chi connectivity index (χ3n) is 4.72. The van der Waals surface area contributed by atoms with Gasteiger partial charge in [0, 0.05) is 0 Å². The van der Waals surface area contributed by atoms with Crippen LogP contribution in [0.5, 0.6) is 11.5 Å². The Morgan fingerprint density at radius 1 is 0.640 bits per heavy atom. The summed E-state index contributed by atoms with van der Waals surface area (Å²) in [5.74, 6) is 0.570. The van der Waals surface area contributed by atoms with Crippen LogP contribution in [0.15, 0.2) is 18.2 Å². The first-order valence-electron chi connectivity index (χ1n) is 10.4. The summed E-state index contributed by atoms with van der Waals surface area (Å²) in [6, 6.07) is 5.07. The van der Waals surface area contributed by atoms with E-state index in [1.807, 2.05) is 0 Å². The van der Waals surface area contributed by atoms with Crippen LogP contribution in [0.1, 0.15) is 96.8 Å². The molecule has 0 aliphatic heterocycles. The van der Waals surface area contributed by atoms with Gasteiger partial charge in [0.25, 0.3) is 0 Å². The van der Waals surface area contributed by atoms with E-state index in [9.17, 15) is 10.2 Å². The van der Waals surface area contributed by atoms with Crippen LogP contribution in [0.4, 0.5) is 0 Å². The molecule has 0 amide bonds. The van der Waals surface area contributed by atoms with Crippen molar-refractivity contribution in [3.63, 3.8) is 0 Å². The third-order valence-corrected chi connectivity index (χ3v) is 8.14. The maximum atomic E-state index is 9.78. The molecule has 0 aliphatic carbocycles. The second kappa shape index (κ2) is 15.8. The molecule has 1 aromatic carbocycles. The van der Waals surface area contributed by atoms with Gasteiger partial charge in [-0.25, -0.2) is 0 Å². The Labute approximate surface area is 165 Å². The molecular formula is C22H38O2Te. The summed E-state index contributed by atoms with van der Waals surface area (Å²) in [5.41, 5.74) is 0. The van der Waals surface area contributed by atoms with Crippen LogP contribution in [0.2, 0.25) is 4.47 Å². The first-order valence-corrected chi connectivity index (χ1v) is 13.2.